The zero-order valence-electron chi connectivity index (χ0n) is 12.8. The Balaban J connectivity index is 1.93. The van der Waals surface area contributed by atoms with Crippen molar-refractivity contribution in [2.45, 2.75) is 18.6 Å². The molecule has 118 valence electrons. The van der Waals surface area contributed by atoms with Crippen LogP contribution in [0.5, 0.6) is 0 Å². The zero-order chi connectivity index (χ0) is 15.5. The Morgan fingerprint density at radius 2 is 1.76 bits per heavy atom. The fraction of sp³-hybridized carbons (Fsp3) is 0.600. The van der Waals surface area contributed by atoms with Gasteiger partial charge in [0.15, 0.2) is 0 Å². The Kier molecular flexibility index (Phi) is 5.24. The van der Waals surface area contributed by atoms with Gasteiger partial charge >= 0.3 is 0 Å². The van der Waals surface area contributed by atoms with Crippen molar-refractivity contribution in [2.24, 2.45) is 5.92 Å². The van der Waals surface area contributed by atoms with Crippen LogP contribution in [0.25, 0.3) is 0 Å². The molecule has 0 atom stereocenters. The number of piperidine rings is 1. The van der Waals surface area contributed by atoms with E-state index >= 15 is 0 Å². The molecule has 1 aromatic rings. The molecular weight excluding hydrogens is 286 g/mol. The predicted molar refractivity (Wildman–Crippen MR) is 86.3 cm³/mol. The van der Waals surface area contributed by atoms with Gasteiger partial charge in [0, 0.05) is 25.3 Å². The second-order valence-electron chi connectivity index (χ2n) is 6.10. The summed E-state index contributed by atoms with van der Waals surface area (Å²) in [6.07, 6.45) is 1.89. The Morgan fingerprint density at radius 1 is 1.19 bits per heavy atom. The van der Waals surface area contributed by atoms with E-state index in [2.05, 4.69) is 19.0 Å². The molecule has 1 aliphatic heterocycles. The number of sulfonamides is 1. The van der Waals surface area contributed by atoms with E-state index in [0.29, 0.717) is 24.7 Å². The summed E-state index contributed by atoms with van der Waals surface area (Å²) in [4.78, 5) is 2.17. The summed E-state index contributed by atoms with van der Waals surface area (Å²) in [6.45, 7) is 2.30. The fourth-order valence-electron chi connectivity index (χ4n) is 2.80. The number of nitrogens with zero attached hydrogens (tertiary/aromatic N) is 2. The van der Waals surface area contributed by atoms with E-state index in [4.69, 9.17) is 5.73 Å². The Hall–Kier alpha value is -1.11. The summed E-state index contributed by atoms with van der Waals surface area (Å²) in [6, 6.07) is 7.06. The van der Waals surface area contributed by atoms with Gasteiger partial charge in [0.2, 0.25) is 10.0 Å². The predicted octanol–water partition coefficient (Wildman–Crippen LogP) is 1.37. The van der Waals surface area contributed by atoms with Gasteiger partial charge in [-0.3, -0.25) is 0 Å². The highest BCUT2D eigenvalue weighted by atomic mass is 32.2. The van der Waals surface area contributed by atoms with Crippen LogP contribution < -0.4 is 5.73 Å². The van der Waals surface area contributed by atoms with E-state index in [1.807, 2.05) is 0 Å². The van der Waals surface area contributed by atoms with Crippen molar-refractivity contribution in [3.05, 3.63) is 29.8 Å². The third-order valence-electron chi connectivity index (χ3n) is 3.92. The van der Waals surface area contributed by atoms with Crippen molar-refractivity contribution in [3.63, 3.8) is 0 Å². The summed E-state index contributed by atoms with van der Waals surface area (Å²) in [5, 5.41) is 0. The van der Waals surface area contributed by atoms with E-state index in [1.165, 1.54) is 0 Å². The average molecular weight is 311 g/mol. The molecule has 0 unspecified atom stereocenters. The smallest absolute Gasteiger partial charge is 0.218 e. The van der Waals surface area contributed by atoms with E-state index in [-0.39, 0.29) is 5.75 Å². The van der Waals surface area contributed by atoms with E-state index in [0.717, 1.165) is 24.9 Å². The SMILES string of the molecule is CN(C)CC1CCN(S(=O)(=O)Cc2ccc(N)cc2)CC1. The van der Waals surface area contributed by atoms with Gasteiger partial charge in [-0.15, -0.1) is 0 Å². The van der Waals surface area contributed by atoms with Crippen LogP contribution in [0.4, 0.5) is 5.69 Å². The molecule has 0 spiro atoms. The lowest BCUT2D eigenvalue weighted by atomic mass is 9.98. The highest BCUT2D eigenvalue weighted by Gasteiger charge is 2.28. The molecule has 1 heterocycles. The van der Waals surface area contributed by atoms with Crippen molar-refractivity contribution in [3.8, 4) is 0 Å². The van der Waals surface area contributed by atoms with E-state index in [1.54, 1.807) is 28.6 Å². The van der Waals surface area contributed by atoms with Crippen LogP contribution in [0.3, 0.4) is 0 Å². The Morgan fingerprint density at radius 3 is 2.29 bits per heavy atom. The second kappa shape index (κ2) is 6.77. The lowest BCUT2D eigenvalue weighted by Gasteiger charge is -2.32. The molecule has 1 fully saturated rings. The molecule has 2 N–H and O–H groups in total. The second-order valence-corrected chi connectivity index (χ2v) is 8.07. The lowest BCUT2D eigenvalue weighted by molar-refractivity contribution is 0.225. The standard InChI is InChI=1S/C15H25N3O2S/c1-17(2)11-13-7-9-18(10-8-13)21(19,20)12-14-3-5-15(16)6-4-14/h3-6,13H,7-12,16H2,1-2H3. The molecule has 2 rings (SSSR count). The molecule has 0 aromatic heterocycles. The number of anilines is 1. The third-order valence-corrected chi connectivity index (χ3v) is 5.77. The van der Waals surface area contributed by atoms with Crippen molar-refractivity contribution < 1.29 is 8.42 Å². The minimum atomic E-state index is -3.22. The molecule has 0 bridgehead atoms. The van der Waals surface area contributed by atoms with Crippen LogP contribution in [-0.4, -0.2) is 51.4 Å². The first-order chi connectivity index (χ1) is 9.87. The summed E-state index contributed by atoms with van der Waals surface area (Å²) in [5.41, 5.74) is 7.07. The summed E-state index contributed by atoms with van der Waals surface area (Å²) >= 11 is 0. The van der Waals surface area contributed by atoms with Crippen molar-refractivity contribution in [1.29, 1.82) is 0 Å². The lowest BCUT2D eigenvalue weighted by Crippen LogP contribution is -2.41. The quantitative estimate of drug-likeness (QED) is 0.834. The Bertz CT molecular complexity index is 547. The highest BCUT2D eigenvalue weighted by Crippen LogP contribution is 2.22. The number of nitrogen functional groups attached to an aromatic ring is 1. The molecule has 1 aromatic carbocycles. The number of hydrogen-bond donors (Lipinski definition) is 1. The van der Waals surface area contributed by atoms with E-state index < -0.39 is 10.0 Å². The van der Waals surface area contributed by atoms with Gasteiger partial charge in [-0.05, 0) is 50.6 Å². The van der Waals surface area contributed by atoms with Gasteiger partial charge in [-0.2, -0.15) is 0 Å². The van der Waals surface area contributed by atoms with Gasteiger partial charge in [-0.1, -0.05) is 12.1 Å². The maximum atomic E-state index is 12.5. The highest BCUT2D eigenvalue weighted by molar-refractivity contribution is 7.88. The van der Waals surface area contributed by atoms with Crippen LogP contribution in [0, 0.1) is 5.92 Å². The first-order valence-corrected chi connectivity index (χ1v) is 8.95. The summed E-state index contributed by atoms with van der Waals surface area (Å²) < 4.78 is 26.5. The van der Waals surface area contributed by atoms with Gasteiger partial charge < -0.3 is 10.6 Å². The van der Waals surface area contributed by atoms with Gasteiger partial charge in [0.1, 0.15) is 0 Å². The number of benzene rings is 1. The van der Waals surface area contributed by atoms with Crippen LogP contribution in [0.2, 0.25) is 0 Å². The topological polar surface area (TPSA) is 66.6 Å². The first-order valence-electron chi connectivity index (χ1n) is 7.34. The molecule has 5 nitrogen and oxygen atoms in total. The molecule has 21 heavy (non-hydrogen) atoms. The molecule has 1 aliphatic rings. The number of rotatable bonds is 5. The van der Waals surface area contributed by atoms with Gasteiger partial charge in [0.05, 0.1) is 5.75 Å². The van der Waals surface area contributed by atoms with Crippen molar-refractivity contribution >= 4 is 15.7 Å². The van der Waals surface area contributed by atoms with Crippen LogP contribution in [0.1, 0.15) is 18.4 Å². The fourth-order valence-corrected chi connectivity index (χ4v) is 4.37. The minimum Gasteiger partial charge on any atom is -0.399 e. The third kappa shape index (κ3) is 4.69. The van der Waals surface area contributed by atoms with Crippen molar-refractivity contribution in [2.75, 3.05) is 39.5 Å². The van der Waals surface area contributed by atoms with E-state index in [9.17, 15) is 8.42 Å². The van der Waals surface area contributed by atoms with Crippen LogP contribution in [-0.2, 0) is 15.8 Å². The number of nitrogens with two attached hydrogens (primary N) is 1. The Labute approximate surface area is 127 Å². The average Bonchev–Trinajstić information content (AvgIpc) is 2.41. The molecule has 0 radical (unpaired) electrons. The van der Waals surface area contributed by atoms with Crippen LogP contribution >= 0.6 is 0 Å². The summed E-state index contributed by atoms with van der Waals surface area (Å²) in [5.74, 6) is 0.661. The number of hydrogen-bond acceptors (Lipinski definition) is 4. The molecule has 6 heteroatoms. The normalized spacial score (nSPS) is 18.2. The maximum absolute atomic E-state index is 12.5. The molecule has 1 saturated heterocycles. The molecular formula is C15H25N3O2S. The van der Waals surface area contributed by atoms with Crippen LogP contribution in [0.15, 0.2) is 24.3 Å². The maximum Gasteiger partial charge on any atom is 0.218 e. The van der Waals surface area contributed by atoms with Gasteiger partial charge in [0.25, 0.3) is 0 Å². The first kappa shape index (κ1) is 16.3. The molecule has 0 amide bonds. The van der Waals surface area contributed by atoms with Gasteiger partial charge in [-0.25, -0.2) is 12.7 Å². The largest absolute Gasteiger partial charge is 0.399 e. The van der Waals surface area contributed by atoms with Crippen molar-refractivity contribution in [1.82, 2.24) is 9.21 Å². The molecule has 0 saturated carbocycles. The minimum absolute atomic E-state index is 0.0611. The molecule has 0 aliphatic carbocycles. The summed E-state index contributed by atoms with van der Waals surface area (Å²) in [7, 11) is 0.897. The monoisotopic (exact) mass is 311 g/mol. The zero-order valence-corrected chi connectivity index (χ0v) is 13.6.